The average Bonchev–Trinajstić information content (AvgIpc) is 2.37. The highest BCUT2D eigenvalue weighted by atomic mass is 15.0. The molecule has 1 aromatic rings. The highest BCUT2D eigenvalue weighted by molar-refractivity contribution is 5.23. The topological polar surface area (TPSA) is 12.0 Å². The molecule has 0 amide bonds. The smallest absolute Gasteiger partial charge is 0.00967 e. The first-order chi connectivity index (χ1) is 9.39. The zero-order valence-electron chi connectivity index (χ0n) is 13.8. The first-order valence-corrected chi connectivity index (χ1v) is 8.19. The van der Waals surface area contributed by atoms with Gasteiger partial charge in [-0.3, -0.25) is 0 Å². The molecular weight excluding hydrogens is 242 g/mol. The van der Waals surface area contributed by atoms with Crippen LogP contribution in [0.2, 0.25) is 0 Å². The van der Waals surface area contributed by atoms with Crippen LogP contribution >= 0.6 is 0 Å². The molecule has 1 nitrogen and oxygen atoms in total. The maximum Gasteiger partial charge on any atom is 0.00967 e. The van der Waals surface area contributed by atoms with Crippen LogP contribution in [-0.2, 0) is 6.42 Å². The largest absolute Gasteiger partial charge is 0.312 e. The molecule has 1 aliphatic rings. The molecule has 1 fully saturated rings. The summed E-state index contributed by atoms with van der Waals surface area (Å²) in [7, 11) is 0. The lowest BCUT2D eigenvalue weighted by atomic mass is 9.70. The quantitative estimate of drug-likeness (QED) is 0.824. The fourth-order valence-corrected chi connectivity index (χ4v) is 3.43. The van der Waals surface area contributed by atoms with Gasteiger partial charge >= 0.3 is 0 Å². The molecule has 0 bridgehead atoms. The summed E-state index contributed by atoms with van der Waals surface area (Å²) in [6, 6.07) is 9.08. The summed E-state index contributed by atoms with van der Waals surface area (Å²) in [6.07, 6.45) is 8.21. The van der Waals surface area contributed by atoms with Gasteiger partial charge in [0, 0.05) is 12.1 Å². The Morgan fingerprint density at radius 3 is 2.40 bits per heavy atom. The summed E-state index contributed by atoms with van der Waals surface area (Å²) in [4.78, 5) is 0. The number of rotatable bonds is 4. The second-order valence-corrected chi connectivity index (χ2v) is 7.83. The van der Waals surface area contributed by atoms with Crippen LogP contribution in [0.5, 0.6) is 0 Å². The lowest BCUT2D eigenvalue weighted by Gasteiger charge is -2.40. The van der Waals surface area contributed by atoms with Gasteiger partial charge in [-0.25, -0.2) is 0 Å². The van der Waals surface area contributed by atoms with Gasteiger partial charge in [-0.15, -0.1) is 0 Å². The van der Waals surface area contributed by atoms with Crippen molar-refractivity contribution >= 4 is 0 Å². The summed E-state index contributed by atoms with van der Waals surface area (Å²) < 4.78 is 0. The van der Waals surface area contributed by atoms with E-state index in [1.807, 2.05) is 0 Å². The minimum atomic E-state index is 0.219. The lowest BCUT2D eigenvalue weighted by Crippen LogP contribution is -2.45. The third-order valence-electron chi connectivity index (χ3n) is 4.57. The fraction of sp³-hybridized carbons (Fsp3) is 0.684. The van der Waals surface area contributed by atoms with Gasteiger partial charge in [-0.1, -0.05) is 49.1 Å². The second kappa shape index (κ2) is 6.30. The Labute approximate surface area is 125 Å². The highest BCUT2D eigenvalue weighted by Gasteiger charge is 2.33. The molecule has 0 saturated heterocycles. The predicted octanol–water partition coefficient (Wildman–Crippen LogP) is 4.88. The van der Waals surface area contributed by atoms with Crippen molar-refractivity contribution in [2.75, 3.05) is 6.54 Å². The summed E-state index contributed by atoms with van der Waals surface area (Å²) in [5, 5.41) is 3.77. The Morgan fingerprint density at radius 1 is 1.10 bits per heavy atom. The van der Waals surface area contributed by atoms with E-state index in [0.717, 1.165) is 6.54 Å². The molecule has 1 aliphatic carbocycles. The zero-order valence-corrected chi connectivity index (χ0v) is 13.8. The molecule has 0 atom stereocenters. The average molecular weight is 273 g/mol. The van der Waals surface area contributed by atoms with E-state index >= 15 is 0 Å². The Hall–Kier alpha value is -0.820. The van der Waals surface area contributed by atoms with Crippen molar-refractivity contribution in [2.24, 2.45) is 5.41 Å². The van der Waals surface area contributed by atoms with Crippen molar-refractivity contribution < 1.29 is 0 Å². The van der Waals surface area contributed by atoms with Crippen LogP contribution in [0, 0.1) is 12.3 Å². The van der Waals surface area contributed by atoms with Gasteiger partial charge in [0.1, 0.15) is 0 Å². The Balaban J connectivity index is 2.10. The summed E-state index contributed by atoms with van der Waals surface area (Å²) in [5.41, 5.74) is 3.59. The van der Waals surface area contributed by atoms with E-state index in [2.05, 4.69) is 57.3 Å². The standard InChI is InChI=1S/C19H31N/c1-16-9-8-10-17(13-16)14-19(11-6-5-7-12-19)15-20-18(2,3)4/h8-10,13,20H,5-7,11-12,14-15H2,1-4H3. The van der Waals surface area contributed by atoms with Crippen molar-refractivity contribution in [3.05, 3.63) is 35.4 Å². The van der Waals surface area contributed by atoms with E-state index in [4.69, 9.17) is 0 Å². The molecule has 1 aromatic carbocycles. The Bertz CT molecular complexity index is 422. The zero-order chi connectivity index (χ0) is 14.6. The molecule has 0 spiro atoms. The van der Waals surface area contributed by atoms with E-state index in [1.165, 1.54) is 49.7 Å². The van der Waals surface area contributed by atoms with Gasteiger partial charge < -0.3 is 5.32 Å². The first-order valence-electron chi connectivity index (χ1n) is 8.19. The van der Waals surface area contributed by atoms with Crippen LogP contribution < -0.4 is 5.32 Å². The molecule has 0 unspecified atom stereocenters. The molecule has 1 saturated carbocycles. The monoisotopic (exact) mass is 273 g/mol. The SMILES string of the molecule is Cc1cccc(CC2(CNC(C)(C)C)CCCCC2)c1. The molecule has 20 heavy (non-hydrogen) atoms. The van der Waals surface area contributed by atoms with Crippen LogP contribution in [0.1, 0.15) is 64.0 Å². The number of benzene rings is 1. The summed E-state index contributed by atoms with van der Waals surface area (Å²) in [6.45, 7) is 10.2. The molecule has 0 aliphatic heterocycles. The molecule has 0 radical (unpaired) electrons. The van der Waals surface area contributed by atoms with Crippen molar-refractivity contribution in [3.63, 3.8) is 0 Å². The highest BCUT2D eigenvalue weighted by Crippen LogP contribution is 2.39. The minimum absolute atomic E-state index is 0.219. The van der Waals surface area contributed by atoms with Crippen LogP contribution in [0.15, 0.2) is 24.3 Å². The Morgan fingerprint density at radius 2 is 1.80 bits per heavy atom. The third kappa shape index (κ3) is 4.63. The number of hydrogen-bond donors (Lipinski definition) is 1. The third-order valence-corrected chi connectivity index (χ3v) is 4.57. The maximum atomic E-state index is 3.77. The molecule has 0 heterocycles. The van der Waals surface area contributed by atoms with Gasteiger partial charge in [0.15, 0.2) is 0 Å². The van der Waals surface area contributed by atoms with Gasteiger partial charge in [0.25, 0.3) is 0 Å². The van der Waals surface area contributed by atoms with E-state index in [9.17, 15) is 0 Å². The van der Waals surface area contributed by atoms with E-state index in [0.29, 0.717) is 5.41 Å². The molecular formula is C19H31N. The van der Waals surface area contributed by atoms with Crippen LogP contribution in [0.25, 0.3) is 0 Å². The molecule has 0 aromatic heterocycles. The predicted molar refractivity (Wildman–Crippen MR) is 88.2 cm³/mol. The number of nitrogens with one attached hydrogen (secondary N) is 1. The maximum absolute atomic E-state index is 3.77. The van der Waals surface area contributed by atoms with Crippen molar-refractivity contribution in [3.8, 4) is 0 Å². The van der Waals surface area contributed by atoms with E-state index in [1.54, 1.807) is 0 Å². The normalized spacial score (nSPS) is 19.0. The summed E-state index contributed by atoms with van der Waals surface area (Å²) >= 11 is 0. The van der Waals surface area contributed by atoms with Crippen molar-refractivity contribution in [2.45, 2.75) is 71.8 Å². The van der Waals surface area contributed by atoms with Gasteiger partial charge in [-0.05, 0) is 57.9 Å². The molecule has 1 heteroatoms. The van der Waals surface area contributed by atoms with Crippen molar-refractivity contribution in [1.29, 1.82) is 0 Å². The van der Waals surface area contributed by atoms with Gasteiger partial charge in [-0.2, -0.15) is 0 Å². The van der Waals surface area contributed by atoms with E-state index in [-0.39, 0.29) is 5.54 Å². The molecule has 2 rings (SSSR count). The van der Waals surface area contributed by atoms with Crippen LogP contribution in [0.4, 0.5) is 0 Å². The second-order valence-electron chi connectivity index (χ2n) is 7.83. The summed E-state index contributed by atoms with van der Waals surface area (Å²) in [5.74, 6) is 0. The van der Waals surface area contributed by atoms with Gasteiger partial charge in [0.05, 0.1) is 0 Å². The van der Waals surface area contributed by atoms with Crippen LogP contribution in [-0.4, -0.2) is 12.1 Å². The number of hydrogen-bond acceptors (Lipinski definition) is 1. The van der Waals surface area contributed by atoms with E-state index < -0.39 is 0 Å². The molecule has 1 N–H and O–H groups in total. The first kappa shape index (κ1) is 15.6. The fourth-order valence-electron chi connectivity index (χ4n) is 3.43. The van der Waals surface area contributed by atoms with Crippen molar-refractivity contribution in [1.82, 2.24) is 5.32 Å². The number of aryl methyl sites for hydroxylation is 1. The van der Waals surface area contributed by atoms with Gasteiger partial charge in [0.2, 0.25) is 0 Å². The lowest BCUT2D eigenvalue weighted by molar-refractivity contribution is 0.165. The Kier molecular flexibility index (Phi) is 4.90. The minimum Gasteiger partial charge on any atom is -0.312 e. The molecule has 112 valence electrons. The van der Waals surface area contributed by atoms with Crippen LogP contribution in [0.3, 0.4) is 0 Å².